The fraction of sp³-hybridized carbons (Fsp3) is 0.500. The van der Waals surface area contributed by atoms with Gasteiger partial charge in [0.1, 0.15) is 6.61 Å². The van der Waals surface area contributed by atoms with Crippen molar-refractivity contribution in [1.29, 1.82) is 0 Å². The van der Waals surface area contributed by atoms with Crippen molar-refractivity contribution in [3.8, 4) is 0 Å². The Morgan fingerprint density at radius 1 is 1.23 bits per heavy atom. The molecule has 1 rings (SSSR count). The molecule has 2 N–H and O–H groups in total. The van der Waals surface area contributed by atoms with Crippen molar-refractivity contribution in [3.05, 3.63) is 35.9 Å². The second-order valence-electron chi connectivity index (χ2n) is 5.92. The van der Waals surface area contributed by atoms with Crippen molar-refractivity contribution >= 4 is 12.1 Å². The van der Waals surface area contributed by atoms with Gasteiger partial charge in [0.2, 0.25) is 0 Å². The number of hydrogen-bond donors (Lipinski definition) is 2. The third-order valence-electron chi connectivity index (χ3n) is 2.67. The van der Waals surface area contributed by atoms with Crippen LogP contribution in [0.5, 0.6) is 0 Å². The van der Waals surface area contributed by atoms with Gasteiger partial charge in [-0.25, -0.2) is 4.79 Å². The van der Waals surface area contributed by atoms with E-state index in [4.69, 9.17) is 14.6 Å². The van der Waals surface area contributed by atoms with E-state index in [0.717, 1.165) is 5.56 Å². The quantitative estimate of drug-likeness (QED) is 0.808. The lowest BCUT2D eigenvalue weighted by Crippen LogP contribution is -2.41. The topological polar surface area (TPSA) is 84.9 Å². The SMILES string of the molecule is CC(C)(C)OCC(CC(=O)O)NC(=O)OCc1ccccc1. The highest BCUT2D eigenvalue weighted by atomic mass is 16.5. The number of carbonyl (C=O) groups is 2. The molecule has 0 spiro atoms. The number of alkyl carbamates (subject to hydrolysis) is 1. The number of hydrogen-bond acceptors (Lipinski definition) is 4. The molecule has 0 bridgehead atoms. The van der Waals surface area contributed by atoms with Crippen LogP contribution in [-0.4, -0.2) is 35.4 Å². The van der Waals surface area contributed by atoms with Crippen LogP contribution in [0.15, 0.2) is 30.3 Å². The number of amides is 1. The summed E-state index contributed by atoms with van der Waals surface area (Å²) in [5, 5.41) is 11.4. The summed E-state index contributed by atoms with van der Waals surface area (Å²) in [4.78, 5) is 22.6. The minimum Gasteiger partial charge on any atom is -0.481 e. The number of carbonyl (C=O) groups excluding carboxylic acids is 1. The largest absolute Gasteiger partial charge is 0.481 e. The van der Waals surface area contributed by atoms with E-state index in [2.05, 4.69) is 5.32 Å². The minimum atomic E-state index is -1.01. The summed E-state index contributed by atoms with van der Waals surface area (Å²) in [5.41, 5.74) is 0.449. The highest BCUT2D eigenvalue weighted by Crippen LogP contribution is 2.09. The van der Waals surface area contributed by atoms with E-state index in [1.54, 1.807) is 0 Å². The summed E-state index contributed by atoms with van der Waals surface area (Å²) < 4.78 is 10.6. The van der Waals surface area contributed by atoms with E-state index in [0.29, 0.717) is 0 Å². The zero-order valence-corrected chi connectivity index (χ0v) is 13.2. The summed E-state index contributed by atoms with van der Waals surface area (Å²) in [7, 11) is 0. The molecule has 6 nitrogen and oxygen atoms in total. The van der Waals surface area contributed by atoms with Crippen LogP contribution in [-0.2, 0) is 20.9 Å². The van der Waals surface area contributed by atoms with Gasteiger partial charge in [0.05, 0.1) is 24.7 Å². The first-order valence-corrected chi connectivity index (χ1v) is 7.09. The molecule has 1 unspecified atom stereocenters. The number of aliphatic carboxylic acids is 1. The summed E-state index contributed by atoms with van der Waals surface area (Å²) in [6.45, 7) is 5.82. The van der Waals surface area contributed by atoms with Crippen LogP contribution in [0.4, 0.5) is 4.79 Å². The Hall–Kier alpha value is -2.08. The van der Waals surface area contributed by atoms with Gasteiger partial charge >= 0.3 is 12.1 Å². The Bertz CT molecular complexity index is 481. The van der Waals surface area contributed by atoms with Gasteiger partial charge in [0, 0.05) is 0 Å². The number of benzene rings is 1. The molecule has 1 atom stereocenters. The Balaban J connectivity index is 2.46. The van der Waals surface area contributed by atoms with Crippen LogP contribution in [0.3, 0.4) is 0 Å². The van der Waals surface area contributed by atoms with Crippen molar-refractivity contribution in [2.24, 2.45) is 0 Å². The summed E-state index contributed by atoms with van der Waals surface area (Å²) in [6.07, 6.45) is -0.885. The molecule has 0 aliphatic rings. The third kappa shape index (κ3) is 8.26. The number of nitrogens with one attached hydrogen (secondary N) is 1. The lowest BCUT2D eigenvalue weighted by Gasteiger charge is -2.24. The molecule has 22 heavy (non-hydrogen) atoms. The average Bonchev–Trinajstić information content (AvgIpc) is 2.42. The van der Waals surface area contributed by atoms with Gasteiger partial charge in [-0.15, -0.1) is 0 Å². The minimum absolute atomic E-state index is 0.107. The van der Waals surface area contributed by atoms with E-state index in [9.17, 15) is 9.59 Å². The van der Waals surface area contributed by atoms with E-state index in [1.165, 1.54) is 0 Å². The van der Waals surface area contributed by atoms with E-state index in [-0.39, 0.29) is 19.6 Å². The predicted octanol–water partition coefficient (Wildman–Crippen LogP) is 2.57. The van der Waals surface area contributed by atoms with Crippen LogP contribution in [0.1, 0.15) is 32.8 Å². The zero-order chi connectivity index (χ0) is 16.6. The second kappa shape index (κ2) is 8.38. The van der Waals surface area contributed by atoms with Crippen LogP contribution in [0.2, 0.25) is 0 Å². The highest BCUT2D eigenvalue weighted by molar-refractivity contribution is 5.71. The van der Waals surface area contributed by atoms with Crippen LogP contribution in [0, 0.1) is 0 Å². The molecule has 0 aromatic heterocycles. The molecule has 0 heterocycles. The molecule has 0 aliphatic heterocycles. The summed E-state index contributed by atoms with van der Waals surface area (Å²) in [5.74, 6) is -1.01. The highest BCUT2D eigenvalue weighted by Gasteiger charge is 2.20. The van der Waals surface area contributed by atoms with Crippen molar-refractivity contribution in [2.75, 3.05) is 6.61 Å². The normalized spacial score (nSPS) is 12.5. The molecule has 0 saturated heterocycles. The average molecular weight is 309 g/mol. The fourth-order valence-corrected chi connectivity index (χ4v) is 1.64. The van der Waals surface area contributed by atoms with Crippen molar-refractivity contribution in [2.45, 2.75) is 45.4 Å². The number of carboxylic acid groups (broad SMARTS) is 1. The van der Waals surface area contributed by atoms with Gasteiger partial charge in [-0.3, -0.25) is 4.79 Å². The van der Waals surface area contributed by atoms with Crippen LogP contribution in [0.25, 0.3) is 0 Å². The first-order chi connectivity index (χ1) is 10.3. The van der Waals surface area contributed by atoms with Crippen molar-refractivity contribution in [3.63, 3.8) is 0 Å². The molecule has 1 aromatic carbocycles. The van der Waals surface area contributed by atoms with Gasteiger partial charge in [0.15, 0.2) is 0 Å². The smallest absolute Gasteiger partial charge is 0.407 e. The van der Waals surface area contributed by atoms with Gasteiger partial charge < -0.3 is 19.9 Å². The molecule has 1 amide bonds. The van der Waals surface area contributed by atoms with Crippen molar-refractivity contribution in [1.82, 2.24) is 5.32 Å². The van der Waals surface area contributed by atoms with Gasteiger partial charge in [-0.1, -0.05) is 30.3 Å². The predicted molar refractivity (Wildman–Crippen MR) is 81.5 cm³/mol. The van der Waals surface area contributed by atoms with Gasteiger partial charge in [-0.05, 0) is 26.3 Å². The maximum absolute atomic E-state index is 11.8. The Morgan fingerprint density at radius 3 is 2.41 bits per heavy atom. The fourth-order valence-electron chi connectivity index (χ4n) is 1.64. The van der Waals surface area contributed by atoms with Crippen LogP contribution < -0.4 is 5.32 Å². The van der Waals surface area contributed by atoms with E-state index >= 15 is 0 Å². The van der Waals surface area contributed by atoms with Gasteiger partial charge in [0.25, 0.3) is 0 Å². The summed E-state index contributed by atoms with van der Waals surface area (Å²) in [6, 6.07) is 8.60. The summed E-state index contributed by atoms with van der Waals surface area (Å²) >= 11 is 0. The van der Waals surface area contributed by atoms with Gasteiger partial charge in [-0.2, -0.15) is 0 Å². The Kier molecular flexibility index (Phi) is 6.85. The monoisotopic (exact) mass is 309 g/mol. The molecule has 0 aliphatic carbocycles. The molecular weight excluding hydrogens is 286 g/mol. The maximum Gasteiger partial charge on any atom is 0.407 e. The lowest BCUT2D eigenvalue weighted by molar-refractivity contribution is -0.138. The number of carboxylic acids is 1. The second-order valence-corrected chi connectivity index (χ2v) is 5.92. The first-order valence-electron chi connectivity index (χ1n) is 7.09. The molecule has 0 radical (unpaired) electrons. The Labute approximate surface area is 130 Å². The van der Waals surface area contributed by atoms with Crippen LogP contribution >= 0.6 is 0 Å². The van der Waals surface area contributed by atoms with Crippen molar-refractivity contribution < 1.29 is 24.2 Å². The maximum atomic E-state index is 11.8. The standard InChI is InChI=1S/C16H23NO5/c1-16(2,3)22-11-13(9-14(18)19)17-15(20)21-10-12-7-5-4-6-8-12/h4-8,13H,9-11H2,1-3H3,(H,17,20)(H,18,19). The molecule has 6 heteroatoms. The zero-order valence-electron chi connectivity index (χ0n) is 13.2. The molecule has 0 saturated carbocycles. The number of ether oxygens (including phenoxy) is 2. The Morgan fingerprint density at radius 2 is 1.86 bits per heavy atom. The molecule has 122 valence electrons. The van der Waals surface area contributed by atoms with E-state index < -0.39 is 23.7 Å². The number of rotatable bonds is 7. The molecule has 1 aromatic rings. The molecule has 0 fully saturated rings. The third-order valence-corrected chi connectivity index (χ3v) is 2.67. The van der Waals surface area contributed by atoms with E-state index in [1.807, 2.05) is 51.1 Å². The molecular formula is C16H23NO5. The first kappa shape index (κ1) is 18.0. The lowest BCUT2D eigenvalue weighted by atomic mass is 10.1.